The van der Waals surface area contributed by atoms with Crippen molar-refractivity contribution < 1.29 is 14.0 Å². The first-order valence-corrected chi connectivity index (χ1v) is 6.76. The van der Waals surface area contributed by atoms with E-state index in [2.05, 4.69) is 10.3 Å². The standard InChI is InChI=1S/C16H15N3O3/c1-10(2)19-16(21)13(7-17)15(20)12-5-3-11(4-6-12)14-8-18-9-22-14/h3-6,8-10,13H,1-2H3,(H,19,21)/t13-/m1/s1. The fourth-order valence-electron chi connectivity index (χ4n) is 1.93. The van der Waals surface area contributed by atoms with Crippen molar-refractivity contribution in [1.29, 1.82) is 5.26 Å². The topological polar surface area (TPSA) is 96.0 Å². The van der Waals surface area contributed by atoms with E-state index in [1.807, 2.05) is 0 Å². The average molecular weight is 297 g/mol. The number of nitrogens with one attached hydrogen (secondary N) is 1. The molecule has 0 radical (unpaired) electrons. The Balaban J connectivity index is 2.18. The van der Waals surface area contributed by atoms with Crippen molar-refractivity contribution >= 4 is 11.7 Å². The maximum atomic E-state index is 12.3. The van der Waals surface area contributed by atoms with Crippen molar-refractivity contribution in [3.8, 4) is 17.4 Å². The number of hydrogen-bond donors (Lipinski definition) is 1. The number of nitriles is 1. The molecule has 0 bridgehead atoms. The second kappa shape index (κ2) is 6.68. The van der Waals surface area contributed by atoms with Gasteiger partial charge >= 0.3 is 0 Å². The van der Waals surface area contributed by atoms with E-state index in [0.29, 0.717) is 11.3 Å². The lowest BCUT2D eigenvalue weighted by atomic mass is 9.96. The number of Topliss-reactive ketones (excluding diaryl/α,β-unsaturated/α-hetero) is 1. The van der Waals surface area contributed by atoms with Crippen LogP contribution in [0.2, 0.25) is 0 Å². The zero-order valence-corrected chi connectivity index (χ0v) is 12.2. The Morgan fingerprint density at radius 2 is 1.95 bits per heavy atom. The van der Waals surface area contributed by atoms with Gasteiger partial charge in [0.2, 0.25) is 5.91 Å². The van der Waals surface area contributed by atoms with Crippen LogP contribution >= 0.6 is 0 Å². The minimum atomic E-state index is -1.35. The lowest BCUT2D eigenvalue weighted by Crippen LogP contribution is -2.38. The zero-order valence-electron chi connectivity index (χ0n) is 12.2. The normalized spacial score (nSPS) is 11.7. The molecule has 1 aromatic carbocycles. The van der Waals surface area contributed by atoms with E-state index < -0.39 is 17.6 Å². The third kappa shape index (κ3) is 3.38. The number of hydrogen-bond acceptors (Lipinski definition) is 5. The smallest absolute Gasteiger partial charge is 0.245 e. The van der Waals surface area contributed by atoms with Gasteiger partial charge in [-0.3, -0.25) is 9.59 Å². The van der Waals surface area contributed by atoms with E-state index in [-0.39, 0.29) is 6.04 Å². The van der Waals surface area contributed by atoms with Gasteiger partial charge in [0.1, 0.15) is 0 Å². The van der Waals surface area contributed by atoms with Crippen LogP contribution in [0.25, 0.3) is 11.3 Å². The van der Waals surface area contributed by atoms with Crippen molar-refractivity contribution in [2.24, 2.45) is 5.92 Å². The summed E-state index contributed by atoms with van der Waals surface area (Å²) in [6, 6.07) is 8.11. The van der Waals surface area contributed by atoms with E-state index in [1.54, 1.807) is 50.4 Å². The molecule has 1 atom stereocenters. The van der Waals surface area contributed by atoms with Gasteiger partial charge in [0.25, 0.3) is 0 Å². The molecule has 0 aliphatic carbocycles. The molecule has 2 aromatic rings. The molecule has 0 aliphatic heterocycles. The molecule has 22 heavy (non-hydrogen) atoms. The number of ketones is 1. The Labute approximate surface area is 127 Å². The Kier molecular flexibility index (Phi) is 4.69. The van der Waals surface area contributed by atoms with Gasteiger partial charge in [-0.15, -0.1) is 0 Å². The number of aromatic nitrogens is 1. The molecule has 0 aliphatic rings. The molecule has 1 heterocycles. The van der Waals surface area contributed by atoms with Gasteiger partial charge in [0.15, 0.2) is 23.9 Å². The number of amides is 1. The summed E-state index contributed by atoms with van der Waals surface area (Å²) in [7, 11) is 0. The van der Waals surface area contributed by atoms with Crippen LogP contribution in [0.3, 0.4) is 0 Å². The van der Waals surface area contributed by atoms with E-state index in [1.165, 1.54) is 6.39 Å². The van der Waals surface area contributed by atoms with Gasteiger partial charge in [0.05, 0.1) is 12.3 Å². The number of oxazole rings is 1. The maximum Gasteiger partial charge on any atom is 0.245 e. The lowest BCUT2D eigenvalue weighted by molar-refractivity contribution is -0.122. The quantitative estimate of drug-likeness (QED) is 0.674. The summed E-state index contributed by atoms with van der Waals surface area (Å²) in [6.07, 6.45) is 2.88. The van der Waals surface area contributed by atoms with E-state index in [0.717, 1.165) is 5.56 Å². The van der Waals surface area contributed by atoms with Crippen molar-refractivity contribution in [3.63, 3.8) is 0 Å². The molecule has 6 nitrogen and oxygen atoms in total. The molecule has 1 amide bonds. The molecular formula is C16H15N3O3. The van der Waals surface area contributed by atoms with Gasteiger partial charge in [-0.05, 0) is 13.8 Å². The maximum absolute atomic E-state index is 12.3. The SMILES string of the molecule is CC(C)NC(=O)[C@H](C#N)C(=O)c1ccc(-c2cnco2)cc1. The van der Waals surface area contributed by atoms with Crippen LogP contribution in [-0.4, -0.2) is 22.7 Å². The first kappa shape index (κ1) is 15.4. The highest BCUT2D eigenvalue weighted by Crippen LogP contribution is 2.20. The van der Waals surface area contributed by atoms with Crippen LogP contribution in [0.1, 0.15) is 24.2 Å². The van der Waals surface area contributed by atoms with Crippen molar-refractivity contribution in [1.82, 2.24) is 10.3 Å². The van der Waals surface area contributed by atoms with Gasteiger partial charge in [0, 0.05) is 17.2 Å². The Bertz CT molecular complexity index is 697. The Morgan fingerprint density at radius 3 is 2.45 bits per heavy atom. The third-order valence-corrected chi connectivity index (χ3v) is 2.97. The fourth-order valence-corrected chi connectivity index (χ4v) is 1.93. The third-order valence-electron chi connectivity index (χ3n) is 2.97. The van der Waals surface area contributed by atoms with E-state index in [4.69, 9.17) is 9.68 Å². The summed E-state index contributed by atoms with van der Waals surface area (Å²) in [5.41, 5.74) is 1.06. The second-order valence-corrected chi connectivity index (χ2v) is 5.03. The number of carbonyl (C=O) groups is 2. The highest BCUT2D eigenvalue weighted by molar-refractivity contribution is 6.12. The predicted molar refractivity (Wildman–Crippen MR) is 78.7 cm³/mol. The summed E-state index contributed by atoms with van der Waals surface area (Å²) in [5.74, 6) is -1.88. The highest BCUT2D eigenvalue weighted by atomic mass is 16.3. The second-order valence-electron chi connectivity index (χ2n) is 5.03. The van der Waals surface area contributed by atoms with E-state index >= 15 is 0 Å². The van der Waals surface area contributed by atoms with Crippen molar-refractivity contribution in [3.05, 3.63) is 42.4 Å². The van der Waals surface area contributed by atoms with Crippen molar-refractivity contribution in [2.45, 2.75) is 19.9 Å². The van der Waals surface area contributed by atoms with Gasteiger partial charge in [-0.2, -0.15) is 5.26 Å². The average Bonchev–Trinajstić information content (AvgIpc) is 3.01. The van der Waals surface area contributed by atoms with Crippen LogP contribution in [0.5, 0.6) is 0 Å². The molecule has 0 saturated heterocycles. The Hall–Kier alpha value is -2.94. The molecule has 0 spiro atoms. The van der Waals surface area contributed by atoms with E-state index in [9.17, 15) is 9.59 Å². The fraction of sp³-hybridized carbons (Fsp3) is 0.250. The molecule has 0 unspecified atom stereocenters. The van der Waals surface area contributed by atoms with Gasteiger partial charge in [-0.25, -0.2) is 4.98 Å². The van der Waals surface area contributed by atoms with Crippen molar-refractivity contribution in [2.75, 3.05) is 0 Å². The minimum Gasteiger partial charge on any atom is -0.444 e. The van der Waals surface area contributed by atoms with Gasteiger partial charge < -0.3 is 9.73 Å². The summed E-state index contributed by atoms with van der Waals surface area (Å²) in [5, 5.41) is 11.7. The summed E-state index contributed by atoms with van der Waals surface area (Å²) < 4.78 is 5.16. The highest BCUT2D eigenvalue weighted by Gasteiger charge is 2.27. The monoisotopic (exact) mass is 297 g/mol. The largest absolute Gasteiger partial charge is 0.444 e. The summed E-state index contributed by atoms with van der Waals surface area (Å²) in [6.45, 7) is 3.53. The number of nitrogens with zero attached hydrogens (tertiary/aromatic N) is 2. The van der Waals surface area contributed by atoms with Gasteiger partial charge in [-0.1, -0.05) is 24.3 Å². The van der Waals surface area contributed by atoms with Crippen LogP contribution in [0.15, 0.2) is 41.3 Å². The lowest BCUT2D eigenvalue weighted by Gasteiger charge is -2.12. The number of benzene rings is 1. The number of rotatable bonds is 5. The molecule has 1 aromatic heterocycles. The van der Waals surface area contributed by atoms with Crippen LogP contribution in [-0.2, 0) is 4.79 Å². The zero-order chi connectivity index (χ0) is 16.1. The molecule has 1 N–H and O–H groups in total. The summed E-state index contributed by atoms with van der Waals surface area (Å²) >= 11 is 0. The molecular weight excluding hydrogens is 282 g/mol. The van der Waals surface area contributed by atoms with Crippen LogP contribution < -0.4 is 5.32 Å². The number of carbonyl (C=O) groups excluding carboxylic acids is 2. The van der Waals surface area contributed by atoms with Crippen LogP contribution in [0.4, 0.5) is 0 Å². The molecule has 6 heteroatoms. The molecule has 112 valence electrons. The van der Waals surface area contributed by atoms with Crippen LogP contribution in [0, 0.1) is 17.2 Å². The molecule has 0 fully saturated rings. The first-order chi connectivity index (χ1) is 10.5. The molecule has 2 rings (SSSR count). The Morgan fingerprint density at radius 1 is 1.27 bits per heavy atom. The summed E-state index contributed by atoms with van der Waals surface area (Å²) in [4.78, 5) is 28.0. The molecule has 0 saturated carbocycles. The first-order valence-electron chi connectivity index (χ1n) is 6.76. The predicted octanol–water partition coefficient (Wildman–Crippen LogP) is 2.19. The minimum absolute atomic E-state index is 0.134.